The second-order valence-electron chi connectivity index (χ2n) is 3.43. The number of ether oxygens (including phenoxy) is 1. The standard InChI is InChI=1S/C6H14NO.2ClH/c1-7(2,3)4-6-5-8-6;;/h6H,4-5H2,1-3H3;2*1H/q+1;;/p-1. The largest absolute Gasteiger partial charge is 1.00 e. The molecule has 4 heteroatoms. The van der Waals surface area contributed by atoms with E-state index in [0.29, 0.717) is 6.10 Å². The third-order valence-corrected chi connectivity index (χ3v) is 1.15. The van der Waals surface area contributed by atoms with E-state index in [9.17, 15) is 0 Å². The first-order valence-electron chi connectivity index (χ1n) is 3.00. The Labute approximate surface area is 74.9 Å². The molecule has 0 saturated carbocycles. The number of epoxide rings is 1. The zero-order valence-electron chi connectivity index (χ0n) is 6.63. The summed E-state index contributed by atoms with van der Waals surface area (Å²) in [7, 11) is 6.55. The first-order valence-corrected chi connectivity index (χ1v) is 3.00. The van der Waals surface area contributed by atoms with Crippen LogP contribution in [0, 0.1) is 0 Å². The van der Waals surface area contributed by atoms with Gasteiger partial charge in [-0.3, -0.25) is 0 Å². The molecular formula is C6H15Cl2NO. The Morgan fingerprint density at radius 3 is 1.90 bits per heavy atom. The average molecular weight is 188 g/mol. The van der Waals surface area contributed by atoms with Crippen LogP contribution in [0.25, 0.3) is 0 Å². The van der Waals surface area contributed by atoms with Crippen LogP contribution in [0.2, 0.25) is 0 Å². The van der Waals surface area contributed by atoms with Gasteiger partial charge in [-0.15, -0.1) is 12.4 Å². The molecule has 0 amide bonds. The van der Waals surface area contributed by atoms with E-state index in [-0.39, 0.29) is 24.8 Å². The molecule has 1 aliphatic heterocycles. The highest BCUT2D eigenvalue weighted by Crippen LogP contribution is 2.11. The van der Waals surface area contributed by atoms with E-state index in [1.807, 2.05) is 0 Å². The zero-order valence-corrected chi connectivity index (χ0v) is 8.21. The fraction of sp³-hybridized carbons (Fsp3) is 1.00. The third-order valence-electron chi connectivity index (χ3n) is 1.15. The van der Waals surface area contributed by atoms with Crippen molar-refractivity contribution in [3.63, 3.8) is 0 Å². The number of hydrogen-bond acceptors (Lipinski definition) is 1. The molecule has 0 aromatic heterocycles. The molecule has 1 rings (SSSR count). The van der Waals surface area contributed by atoms with Crippen LogP contribution in [0.1, 0.15) is 0 Å². The van der Waals surface area contributed by atoms with E-state index in [1.165, 1.54) is 0 Å². The number of likely N-dealkylation sites (N-methyl/N-ethyl adjacent to an activating group) is 1. The molecule has 1 unspecified atom stereocenters. The lowest BCUT2D eigenvalue weighted by Crippen LogP contribution is -3.00. The summed E-state index contributed by atoms with van der Waals surface area (Å²) >= 11 is 0. The van der Waals surface area contributed by atoms with Crippen LogP contribution >= 0.6 is 12.4 Å². The van der Waals surface area contributed by atoms with Gasteiger partial charge in [-0.25, -0.2) is 0 Å². The molecule has 64 valence electrons. The predicted molar refractivity (Wildman–Crippen MR) is 39.9 cm³/mol. The molecule has 0 aromatic rings. The number of nitrogens with zero attached hydrogens (tertiary/aromatic N) is 1. The van der Waals surface area contributed by atoms with Crippen molar-refractivity contribution in [3.05, 3.63) is 0 Å². The van der Waals surface area contributed by atoms with Gasteiger partial charge in [0, 0.05) is 0 Å². The second-order valence-corrected chi connectivity index (χ2v) is 3.43. The molecule has 1 atom stereocenters. The molecular weight excluding hydrogens is 173 g/mol. The lowest BCUT2D eigenvalue weighted by atomic mass is 10.4. The van der Waals surface area contributed by atoms with E-state index < -0.39 is 0 Å². The summed E-state index contributed by atoms with van der Waals surface area (Å²) in [6.07, 6.45) is 0.565. The van der Waals surface area contributed by atoms with Gasteiger partial charge >= 0.3 is 0 Å². The summed E-state index contributed by atoms with van der Waals surface area (Å²) in [6, 6.07) is 0. The van der Waals surface area contributed by atoms with E-state index in [4.69, 9.17) is 4.74 Å². The maximum atomic E-state index is 5.07. The molecule has 0 aromatic carbocycles. The summed E-state index contributed by atoms with van der Waals surface area (Å²) in [5, 5.41) is 0. The Kier molecular flexibility index (Phi) is 5.76. The van der Waals surface area contributed by atoms with Gasteiger partial charge in [0.15, 0.2) is 0 Å². The minimum absolute atomic E-state index is 0. The summed E-state index contributed by atoms with van der Waals surface area (Å²) in [4.78, 5) is 0. The van der Waals surface area contributed by atoms with Gasteiger partial charge in [0.1, 0.15) is 12.6 Å². The smallest absolute Gasteiger partial charge is 0.130 e. The summed E-state index contributed by atoms with van der Waals surface area (Å²) in [6.45, 7) is 2.13. The number of quaternary nitrogens is 1. The number of hydrogen-bond donors (Lipinski definition) is 0. The Balaban J connectivity index is 0. The van der Waals surface area contributed by atoms with Crippen molar-refractivity contribution >= 4 is 12.4 Å². The highest BCUT2D eigenvalue weighted by atomic mass is 35.5. The Hall–Kier alpha value is 0.500. The molecule has 0 bridgehead atoms. The minimum Gasteiger partial charge on any atom is -1.00 e. The summed E-state index contributed by atoms with van der Waals surface area (Å²) < 4.78 is 6.09. The molecule has 0 radical (unpaired) electrons. The van der Waals surface area contributed by atoms with Crippen LogP contribution in [-0.4, -0.2) is 44.9 Å². The van der Waals surface area contributed by atoms with Crippen molar-refractivity contribution in [2.45, 2.75) is 6.10 Å². The van der Waals surface area contributed by atoms with Crippen LogP contribution in [0.15, 0.2) is 0 Å². The van der Waals surface area contributed by atoms with Gasteiger partial charge in [-0.05, 0) is 0 Å². The van der Waals surface area contributed by atoms with Gasteiger partial charge in [-0.2, -0.15) is 0 Å². The fourth-order valence-corrected chi connectivity index (χ4v) is 0.784. The van der Waals surface area contributed by atoms with Crippen LogP contribution in [-0.2, 0) is 4.74 Å². The summed E-state index contributed by atoms with van der Waals surface area (Å²) in [5.74, 6) is 0. The van der Waals surface area contributed by atoms with Gasteiger partial charge in [0.05, 0.1) is 27.7 Å². The van der Waals surface area contributed by atoms with Gasteiger partial charge in [0.2, 0.25) is 0 Å². The van der Waals surface area contributed by atoms with Crippen LogP contribution in [0.5, 0.6) is 0 Å². The van der Waals surface area contributed by atoms with Crippen LogP contribution < -0.4 is 12.4 Å². The molecule has 1 saturated heterocycles. The molecule has 0 spiro atoms. The Morgan fingerprint density at radius 1 is 1.40 bits per heavy atom. The predicted octanol–water partition coefficient (Wildman–Crippen LogP) is -2.48. The normalized spacial score (nSPS) is 22.5. The SMILES string of the molecule is C[N+](C)(C)CC1CO1.Cl.[Cl-]. The van der Waals surface area contributed by atoms with Crippen molar-refractivity contribution < 1.29 is 21.6 Å². The fourth-order valence-electron chi connectivity index (χ4n) is 0.784. The van der Waals surface area contributed by atoms with Crippen molar-refractivity contribution in [3.8, 4) is 0 Å². The van der Waals surface area contributed by atoms with E-state index in [0.717, 1.165) is 17.6 Å². The minimum atomic E-state index is 0. The van der Waals surface area contributed by atoms with Crippen molar-refractivity contribution in [2.24, 2.45) is 0 Å². The Morgan fingerprint density at radius 2 is 1.80 bits per heavy atom. The zero-order chi connectivity index (χ0) is 6.20. The Bertz CT molecular complexity index is 88.2. The highest BCUT2D eigenvalue weighted by molar-refractivity contribution is 5.85. The van der Waals surface area contributed by atoms with Gasteiger partial charge in [-0.1, -0.05) is 0 Å². The monoisotopic (exact) mass is 187 g/mol. The third kappa shape index (κ3) is 6.62. The maximum absolute atomic E-state index is 5.07. The molecule has 0 aliphatic carbocycles. The molecule has 2 nitrogen and oxygen atoms in total. The first kappa shape index (κ1) is 13.1. The van der Waals surface area contributed by atoms with Crippen LogP contribution in [0.4, 0.5) is 0 Å². The number of halogens is 2. The molecule has 1 fully saturated rings. The highest BCUT2D eigenvalue weighted by Gasteiger charge is 2.28. The molecule has 10 heavy (non-hydrogen) atoms. The number of rotatable bonds is 2. The topological polar surface area (TPSA) is 12.5 Å². The molecule has 0 N–H and O–H groups in total. The van der Waals surface area contributed by atoms with Gasteiger partial charge < -0.3 is 21.6 Å². The summed E-state index contributed by atoms with van der Waals surface area (Å²) in [5.41, 5.74) is 0. The van der Waals surface area contributed by atoms with Crippen molar-refractivity contribution in [2.75, 3.05) is 34.3 Å². The average Bonchev–Trinajstić information content (AvgIpc) is 2.12. The second kappa shape index (κ2) is 4.39. The lowest BCUT2D eigenvalue weighted by Gasteiger charge is -2.22. The van der Waals surface area contributed by atoms with E-state index >= 15 is 0 Å². The van der Waals surface area contributed by atoms with E-state index in [2.05, 4.69) is 21.1 Å². The first-order chi connectivity index (χ1) is 3.58. The van der Waals surface area contributed by atoms with Crippen molar-refractivity contribution in [1.29, 1.82) is 0 Å². The maximum Gasteiger partial charge on any atom is 0.130 e. The van der Waals surface area contributed by atoms with Crippen LogP contribution in [0.3, 0.4) is 0 Å². The lowest BCUT2D eigenvalue weighted by molar-refractivity contribution is -0.870. The van der Waals surface area contributed by atoms with E-state index in [1.54, 1.807) is 0 Å². The van der Waals surface area contributed by atoms with Gasteiger partial charge in [0.25, 0.3) is 0 Å². The molecule has 1 aliphatic rings. The quantitative estimate of drug-likeness (QED) is 0.345. The molecule has 1 heterocycles. The van der Waals surface area contributed by atoms with Crippen molar-refractivity contribution in [1.82, 2.24) is 0 Å².